The van der Waals surface area contributed by atoms with Gasteiger partial charge in [-0.05, 0) is 23.3 Å². The molecule has 0 aliphatic heterocycles. The topological polar surface area (TPSA) is 54.9 Å². The van der Waals surface area contributed by atoms with Gasteiger partial charge in [-0.3, -0.25) is 10.1 Å². The maximum Gasteiger partial charge on any atom is 0.258 e. The zero-order valence-corrected chi connectivity index (χ0v) is 12.5. The second kappa shape index (κ2) is 6.01. The van der Waals surface area contributed by atoms with Crippen molar-refractivity contribution < 1.29 is 4.79 Å². The van der Waals surface area contributed by atoms with E-state index in [1.807, 2.05) is 42.5 Å². The number of carbonyl (C=O) groups excluding carboxylic acids is 1. The molecule has 1 amide bonds. The lowest BCUT2D eigenvalue weighted by atomic mass is 10.0. The summed E-state index contributed by atoms with van der Waals surface area (Å²) in [6.45, 7) is 2.09. The highest BCUT2D eigenvalue weighted by Gasteiger charge is 2.12. The lowest BCUT2D eigenvalue weighted by Crippen LogP contribution is -2.12. The van der Waals surface area contributed by atoms with E-state index in [4.69, 9.17) is 0 Å². The molecule has 0 saturated heterocycles. The van der Waals surface area contributed by atoms with Crippen molar-refractivity contribution in [1.29, 1.82) is 0 Å². The molecule has 1 heterocycles. The maximum absolute atomic E-state index is 12.4. The van der Waals surface area contributed by atoms with Crippen LogP contribution in [0.1, 0.15) is 28.7 Å². The maximum atomic E-state index is 12.4. The molecule has 2 aromatic carbocycles. The minimum Gasteiger partial charge on any atom is -0.296 e. The number of rotatable bonds is 4. The van der Waals surface area contributed by atoms with Gasteiger partial charge in [-0.25, -0.2) is 0 Å². The molecule has 5 heteroatoms. The zero-order valence-electron chi connectivity index (χ0n) is 11.7. The van der Waals surface area contributed by atoms with E-state index in [0.717, 1.165) is 28.6 Å². The fourth-order valence-electron chi connectivity index (χ4n) is 2.21. The van der Waals surface area contributed by atoms with Crippen molar-refractivity contribution in [2.45, 2.75) is 19.8 Å². The zero-order chi connectivity index (χ0) is 14.7. The Morgan fingerprint density at radius 1 is 1.14 bits per heavy atom. The number of nitrogens with one attached hydrogen (secondary N) is 1. The average Bonchev–Trinajstić information content (AvgIpc) is 2.94. The molecule has 0 fully saturated rings. The number of hydrogen-bond donors (Lipinski definition) is 1. The summed E-state index contributed by atoms with van der Waals surface area (Å²) in [4.78, 5) is 12.4. The van der Waals surface area contributed by atoms with Crippen LogP contribution >= 0.6 is 11.3 Å². The van der Waals surface area contributed by atoms with Gasteiger partial charge in [0.05, 0.1) is 0 Å². The molecule has 106 valence electrons. The number of benzene rings is 2. The van der Waals surface area contributed by atoms with Crippen molar-refractivity contribution in [1.82, 2.24) is 10.2 Å². The van der Waals surface area contributed by atoms with Gasteiger partial charge < -0.3 is 0 Å². The minimum absolute atomic E-state index is 0.147. The molecule has 0 bridgehead atoms. The van der Waals surface area contributed by atoms with Crippen LogP contribution in [0.2, 0.25) is 0 Å². The van der Waals surface area contributed by atoms with Gasteiger partial charge in [0.15, 0.2) is 0 Å². The standard InChI is InChI=1S/C16H15N3OS/c1-2-6-14-18-19-16(21-14)17-15(20)13-10-5-8-11-7-3-4-9-12(11)13/h3-5,7-10H,2,6H2,1H3,(H,17,19,20). The highest BCUT2D eigenvalue weighted by Crippen LogP contribution is 2.21. The average molecular weight is 297 g/mol. The highest BCUT2D eigenvalue weighted by atomic mass is 32.1. The monoisotopic (exact) mass is 297 g/mol. The van der Waals surface area contributed by atoms with E-state index in [1.54, 1.807) is 0 Å². The summed E-state index contributed by atoms with van der Waals surface area (Å²) in [6.07, 6.45) is 1.91. The first-order chi connectivity index (χ1) is 10.3. The Bertz CT molecular complexity index is 777. The van der Waals surface area contributed by atoms with E-state index in [9.17, 15) is 4.79 Å². The first-order valence-corrected chi connectivity index (χ1v) is 7.71. The Morgan fingerprint density at radius 2 is 1.95 bits per heavy atom. The van der Waals surface area contributed by atoms with Crippen molar-refractivity contribution in [2.24, 2.45) is 0 Å². The largest absolute Gasteiger partial charge is 0.296 e. The summed E-state index contributed by atoms with van der Waals surface area (Å²) in [5, 5.41) is 14.4. The Morgan fingerprint density at radius 3 is 2.81 bits per heavy atom. The Labute approximate surface area is 126 Å². The molecule has 0 saturated carbocycles. The SMILES string of the molecule is CCCc1nnc(NC(=O)c2cccc3ccccc23)s1. The molecule has 1 aromatic heterocycles. The summed E-state index contributed by atoms with van der Waals surface area (Å²) in [5.74, 6) is -0.147. The first kappa shape index (κ1) is 13.7. The van der Waals surface area contributed by atoms with Crippen LogP contribution < -0.4 is 5.32 Å². The summed E-state index contributed by atoms with van der Waals surface area (Å²) in [5.41, 5.74) is 0.653. The first-order valence-electron chi connectivity index (χ1n) is 6.89. The number of anilines is 1. The number of amides is 1. The van der Waals surface area contributed by atoms with Crippen LogP contribution in [0.3, 0.4) is 0 Å². The van der Waals surface area contributed by atoms with E-state index < -0.39 is 0 Å². The summed E-state index contributed by atoms with van der Waals surface area (Å²) < 4.78 is 0. The smallest absolute Gasteiger partial charge is 0.258 e. The van der Waals surface area contributed by atoms with E-state index in [2.05, 4.69) is 22.4 Å². The molecule has 21 heavy (non-hydrogen) atoms. The molecule has 0 atom stereocenters. The van der Waals surface area contributed by atoms with Crippen molar-refractivity contribution in [2.75, 3.05) is 5.32 Å². The van der Waals surface area contributed by atoms with Gasteiger partial charge in [-0.1, -0.05) is 54.7 Å². The number of aryl methyl sites for hydroxylation is 1. The van der Waals surface area contributed by atoms with Crippen molar-refractivity contribution in [3.8, 4) is 0 Å². The fourth-order valence-corrected chi connectivity index (χ4v) is 3.04. The molecule has 0 unspecified atom stereocenters. The van der Waals surface area contributed by atoms with Crippen LogP contribution in [0.25, 0.3) is 10.8 Å². The number of aromatic nitrogens is 2. The van der Waals surface area contributed by atoms with E-state index in [0.29, 0.717) is 10.7 Å². The molecule has 4 nitrogen and oxygen atoms in total. The Balaban J connectivity index is 1.86. The number of nitrogens with zero attached hydrogens (tertiary/aromatic N) is 2. The molecular weight excluding hydrogens is 282 g/mol. The number of fused-ring (bicyclic) bond motifs is 1. The molecule has 0 spiro atoms. The molecule has 3 aromatic rings. The molecule has 0 aliphatic rings. The second-order valence-electron chi connectivity index (χ2n) is 4.73. The molecule has 3 rings (SSSR count). The van der Waals surface area contributed by atoms with Gasteiger partial charge >= 0.3 is 0 Å². The van der Waals surface area contributed by atoms with Crippen LogP contribution in [0.4, 0.5) is 5.13 Å². The Hall–Kier alpha value is -2.27. The molecular formula is C16H15N3OS. The predicted molar refractivity (Wildman–Crippen MR) is 85.8 cm³/mol. The van der Waals surface area contributed by atoms with Gasteiger partial charge in [0.25, 0.3) is 5.91 Å². The van der Waals surface area contributed by atoms with Gasteiger partial charge in [0, 0.05) is 12.0 Å². The van der Waals surface area contributed by atoms with E-state index in [1.165, 1.54) is 11.3 Å². The third-order valence-electron chi connectivity index (χ3n) is 3.19. The summed E-state index contributed by atoms with van der Waals surface area (Å²) >= 11 is 1.43. The highest BCUT2D eigenvalue weighted by molar-refractivity contribution is 7.15. The van der Waals surface area contributed by atoms with Crippen molar-refractivity contribution in [3.63, 3.8) is 0 Å². The summed E-state index contributed by atoms with van der Waals surface area (Å²) in [7, 11) is 0. The third kappa shape index (κ3) is 2.92. The second-order valence-corrected chi connectivity index (χ2v) is 5.79. The molecule has 1 N–H and O–H groups in total. The predicted octanol–water partition coefficient (Wildman–Crippen LogP) is 3.90. The van der Waals surface area contributed by atoms with Crippen LogP contribution in [0.5, 0.6) is 0 Å². The molecule has 0 aliphatic carbocycles. The van der Waals surface area contributed by atoms with Crippen molar-refractivity contribution in [3.05, 3.63) is 53.0 Å². The lowest BCUT2D eigenvalue weighted by Gasteiger charge is -2.05. The fraction of sp³-hybridized carbons (Fsp3) is 0.188. The lowest BCUT2D eigenvalue weighted by molar-refractivity contribution is 0.102. The van der Waals surface area contributed by atoms with Crippen LogP contribution in [-0.4, -0.2) is 16.1 Å². The molecule has 0 radical (unpaired) electrons. The number of carbonyl (C=O) groups is 1. The Kier molecular flexibility index (Phi) is 3.92. The summed E-state index contributed by atoms with van der Waals surface area (Å²) in [6, 6.07) is 13.6. The van der Waals surface area contributed by atoms with E-state index >= 15 is 0 Å². The minimum atomic E-state index is -0.147. The number of hydrogen-bond acceptors (Lipinski definition) is 4. The van der Waals surface area contributed by atoms with Gasteiger partial charge in [-0.2, -0.15) is 0 Å². The van der Waals surface area contributed by atoms with Crippen LogP contribution in [-0.2, 0) is 6.42 Å². The van der Waals surface area contributed by atoms with Crippen LogP contribution in [0, 0.1) is 0 Å². The van der Waals surface area contributed by atoms with Gasteiger partial charge in [0.1, 0.15) is 5.01 Å². The van der Waals surface area contributed by atoms with Crippen molar-refractivity contribution >= 4 is 33.1 Å². The third-order valence-corrected chi connectivity index (χ3v) is 4.08. The normalized spacial score (nSPS) is 10.7. The van der Waals surface area contributed by atoms with E-state index in [-0.39, 0.29) is 5.91 Å². The quantitative estimate of drug-likeness (QED) is 0.794. The van der Waals surface area contributed by atoms with Crippen LogP contribution in [0.15, 0.2) is 42.5 Å². The van der Waals surface area contributed by atoms with Gasteiger partial charge in [-0.15, -0.1) is 10.2 Å². The van der Waals surface area contributed by atoms with Gasteiger partial charge in [0.2, 0.25) is 5.13 Å².